The lowest BCUT2D eigenvalue weighted by molar-refractivity contribution is 0.0943. The van der Waals surface area contributed by atoms with Crippen molar-refractivity contribution in [1.82, 2.24) is 24.6 Å². The normalized spacial score (nSPS) is 11.1. The SMILES string of the molecule is CC(C)n1cc(Br)cc1C(=O)NCCc1ncn(C)n1. The number of amides is 1. The number of carbonyl (C=O) groups excluding carboxylic acids is 1. The topological polar surface area (TPSA) is 64.7 Å². The van der Waals surface area contributed by atoms with E-state index in [1.165, 1.54) is 0 Å². The molecule has 7 heteroatoms. The third-order valence-electron chi connectivity index (χ3n) is 2.89. The highest BCUT2D eigenvalue weighted by atomic mass is 79.9. The third-order valence-corrected chi connectivity index (χ3v) is 3.32. The van der Waals surface area contributed by atoms with E-state index >= 15 is 0 Å². The Morgan fingerprint density at radius 3 is 2.85 bits per heavy atom. The van der Waals surface area contributed by atoms with E-state index in [-0.39, 0.29) is 11.9 Å². The van der Waals surface area contributed by atoms with Gasteiger partial charge in [0.2, 0.25) is 0 Å². The highest BCUT2D eigenvalue weighted by Crippen LogP contribution is 2.19. The van der Waals surface area contributed by atoms with E-state index in [2.05, 4.69) is 31.3 Å². The molecule has 0 aliphatic carbocycles. The summed E-state index contributed by atoms with van der Waals surface area (Å²) < 4.78 is 4.50. The summed E-state index contributed by atoms with van der Waals surface area (Å²) in [4.78, 5) is 16.3. The quantitative estimate of drug-likeness (QED) is 0.905. The van der Waals surface area contributed by atoms with E-state index in [1.54, 1.807) is 11.0 Å². The van der Waals surface area contributed by atoms with Gasteiger partial charge in [-0.15, -0.1) is 0 Å². The minimum Gasteiger partial charge on any atom is -0.350 e. The molecule has 0 saturated heterocycles. The van der Waals surface area contributed by atoms with E-state index in [0.717, 1.165) is 10.3 Å². The molecule has 1 N–H and O–H groups in total. The van der Waals surface area contributed by atoms with Crippen LogP contribution in [0.25, 0.3) is 0 Å². The molecule has 0 bridgehead atoms. The van der Waals surface area contributed by atoms with Crippen LogP contribution >= 0.6 is 15.9 Å². The van der Waals surface area contributed by atoms with Crippen LogP contribution in [-0.4, -0.2) is 31.8 Å². The zero-order valence-electron chi connectivity index (χ0n) is 11.8. The molecule has 6 nitrogen and oxygen atoms in total. The van der Waals surface area contributed by atoms with Gasteiger partial charge in [0.15, 0.2) is 5.82 Å². The average Bonchev–Trinajstić information content (AvgIpc) is 2.95. The van der Waals surface area contributed by atoms with Crippen LogP contribution in [-0.2, 0) is 13.5 Å². The highest BCUT2D eigenvalue weighted by Gasteiger charge is 2.14. The maximum Gasteiger partial charge on any atom is 0.267 e. The predicted molar refractivity (Wildman–Crippen MR) is 79.6 cm³/mol. The maximum absolute atomic E-state index is 12.2. The Balaban J connectivity index is 1.95. The van der Waals surface area contributed by atoms with Crippen molar-refractivity contribution in [3.8, 4) is 0 Å². The molecule has 0 aromatic carbocycles. The number of hydrogen-bond acceptors (Lipinski definition) is 3. The van der Waals surface area contributed by atoms with Gasteiger partial charge >= 0.3 is 0 Å². The summed E-state index contributed by atoms with van der Waals surface area (Å²) in [6.07, 6.45) is 4.19. The molecule has 2 heterocycles. The minimum absolute atomic E-state index is 0.0830. The molecule has 2 rings (SSSR count). The summed E-state index contributed by atoms with van der Waals surface area (Å²) in [6, 6.07) is 2.06. The van der Waals surface area contributed by atoms with E-state index in [4.69, 9.17) is 0 Å². The Hall–Kier alpha value is -1.63. The van der Waals surface area contributed by atoms with Gasteiger partial charge in [-0.05, 0) is 35.8 Å². The van der Waals surface area contributed by atoms with Crippen LogP contribution in [0.2, 0.25) is 0 Å². The summed E-state index contributed by atoms with van der Waals surface area (Å²) in [5, 5.41) is 7.07. The molecule has 2 aromatic heterocycles. The maximum atomic E-state index is 12.2. The van der Waals surface area contributed by atoms with Crippen LogP contribution in [0.15, 0.2) is 23.1 Å². The van der Waals surface area contributed by atoms with E-state index in [9.17, 15) is 4.79 Å². The summed E-state index contributed by atoms with van der Waals surface area (Å²) in [7, 11) is 1.82. The summed E-state index contributed by atoms with van der Waals surface area (Å²) in [5.74, 6) is 0.647. The Morgan fingerprint density at radius 1 is 1.50 bits per heavy atom. The molecule has 0 fully saturated rings. The van der Waals surface area contributed by atoms with Crippen LogP contribution in [0.3, 0.4) is 0 Å². The average molecular weight is 340 g/mol. The molecule has 1 amide bonds. The molecule has 108 valence electrons. The third kappa shape index (κ3) is 3.47. The van der Waals surface area contributed by atoms with Gasteiger partial charge in [0, 0.05) is 36.7 Å². The predicted octanol–water partition coefficient (Wildman–Crippen LogP) is 1.93. The van der Waals surface area contributed by atoms with Gasteiger partial charge in [-0.25, -0.2) is 4.98 Å². The molecule has 0 aliphatic rings. The fourth-order valence-electron chi connectivity index (χ4n) is 1.93. The van der Waals surface area contributed by atoms with Crippen molar-refractivity contribution in [2.75, 3.05) is 6.54 Å². The first kappa shape index (κ1) is 14.8. The molecule has 0 saturated carbocycles. The summed E-state index contributed by atoms with van der Waals surface area (Å²) in [6.45, 7) is 4.60. The fraction of sp³-hybridized carbons (Fsp3) is 0.462. The lowest BCUT2D eigenvalue weighted by atomic mass is 10.3. The lowest BCUT2D eigenvalue weighted by Crippen LogP contribution is -2.28. The molecule has 0 spiro atoms. The number of nitrogens with zero attached hydrogens (tertiary/aromatic N) is 4. The van der Waals surface area contributed by atoms with Crippen LogP contribution < -0.4 is 5.32 Å². The Morgan fingerprint density at radius 2 is 2.25 bits per heavy atom. The zero-order valence-corrected chi connectivity index (χ0v) is 13.4. The molecule has 0 unspecified atom stereocenters. The molecule has 0 atom stereocenters. The Labute approximate surface area is 126 Å². The molecule has 0 radical (unpaired) electrons. The standard InChI is InChI=1S/C13H18BrN5O/c1-9(2)19-7-10(14)6-11(19)13(20)15-5-4-12-16-8-18(3)17-12/h6-9H,4-5H2,1-3H3,(H,15,20). The smallest absolute Gasteiger partial charge is 0.267 e. The molecule has 2 aromatic rings. The second-order valence-electron chi connectivity index (χ2n) is 4.88. The second-order valence-corrected chi connectivity index (χ2v) is 5.80. The van der Waals surface area contributed by atoms with Crippen LogP contribution in [0.1, 0.15) is 36.2 Å². The molecule has 20 heavy (non-hydrogen) atoms. The van der Waals surface area contributed by atoms with Crippen molar-refractivity contribution in [3.05, 3.63) is 34.6 Å². The van der Waals surface area contributed by atoms with E-state index in [1.807, 2.05) is 37.7 Å². The van der Waals surface area contributed by atoms with Crippen LogP contribution in [0.4, 0.5) is 0 Å². The number of hydrogen-bond donors (Lipinski definition) is 1. The largest absolute Gasteiger partial charge is 0.350 e. The van der Waals surface area contributed by atoms with Gasteiger partial charge in [0.05, 0.1) is 0 Å². The summed E-state index contributed by atoms with van der Waals surface area (Å²) in [5.41, 5.74) is 0.654. The Kier molecular flexibility index (Phi) is 4.59. The fourth-order valence-corrected chi connectivity index (χ4v) is 2.37. The first-order valence-electron chi connectivity index (χ1n) is 6.47. The Bertz CT molecular complexity index is 602. The van der Waals surface area contributed by atoms with Crippen LogP contribution in [0, 0.1) is 0 Å². The van der Waals surface area contributed by atoms with Crippen LogP contribution in [0.5, 0.6) is 0 Å². The van der Waals surface area contributed by atoms with E-state index < -0.39 is 0 Å². The van der Waals surface area contributed by atoms with Gasteiger partial charge in [-0.3, -0.25) is 9.48 Å². The van der Waals surface area contributed by atoms with Gasteiger partial charge in [-0.1, -0.05) is 0 Å². The number of aromatic nitrogens is 4. The number of halogens is 1. The monoisotopic (exact) mass is 339 g/mol. The van der Waals surface area contributed by atoms with Crippen molar-refractivity contribution >= 4 is 21.8 Å². The first-order valence-corrected chi connectivity index (χ1v) is 7.26. The van der Waals surface area contributed by atoms with E-state index in [0.29, 0.717) is 18.7 Å². The molecular weight excluding hydrogens is 322 g/mol. The first-order chi connectivity index (χ1) is 9.47. The van der Waals surface area contributed by atoms with Crippen molar-refractivity contribution in [3.63, 3.8) is 0 Å². The van der Waals surface area contributed by atoms with Crippen molar-refractivity contribution in [2.45, 2.75) is 26.3 Å². The van der Waals surface area contributed by atoms with Crippen molar-refractivity contribution < 1.29 is 4.79 Å². The number of aryl methyl sites for hydroxylation is 1. The van der Waals surface area contributed by atoms with Gasteiger partial charge in [0.1, 0.15) is 12.0 Å². The van der Waals surface area contributed by atoms with Gasteiger partial charge < -0.3 is 9.88 Å². The second kappa shape index (κ2) is 6.21. The minimum atomic E-state index is -0.0830. The number of carbonyl (C=O) groups is 1. The summed E-state index contributed by atoms with van der Waals surface area (Å²) >= 11 is 3.40. The number of rotatable bonds is 5. The number of nitrogens with one attached hydrogen (secondary N) is 1. The lowest BCUT2D eigenvalue weighted by Gasteiger charge is -2.12. The molecular formula is C13H18BrN5O. The highest BCUT2D eigenvalue weighted by molar-refractivity contribution is 9.10. The van der Waals surface area contributed by atoms with Gasteiger partial charge in [-0.2, -0.15) is 5.10 Å². The molecule has 0 aliphatic heterocycles. The van der Waals surface area contributed by atoms with Crippen molar-refractivity contribution in [1.29, 1.82) is 0 Å². The zero-order chi connectivity index (χ0) is 14.7. The van der Waals surface area contributed by atoms with Crippen molar-refractivity contribution in [2.24, 2.45) is 7.05 Å². The van der Waals surface area contributed by atoms with Gasteiger partial charge in [0.25, 0.3) is 5.91 Å².